The predicted octanol–water partition coefficient (Wildman–Crippen LogP) is 2.19. The van der Waals surface area contributed by atoms with Gasteiger partial charge in [0.15, 0.2) is 0 Å². The zero-order valence-corrected chi connectivity index (χ0v) is 15.1. The third kappa shape index (κ3) is 4.90. The molecule has 0 bridgehead atoms. The van der Waals surface area contributed by atoms with Crippen molar-refractivity contribution >= 4 is 22.1 Å². The molecule has 0 amide bonds. The summed E-state index contributed by atoms with van der Waals surface area (Å²) < 4.78 is 6.32. The van der Waals surface area contributed by atoms with E-state index in [0.29, 0.717) is 6.54 Å². The maximum atomic E-state index is 9.80. The second-order valence-corrected chi connectivity index (χ2v) is 6.94. The average molecular weight is 390 g/mol. The lowest BCUT2D eigenvalue weighted by molar-refractivity contribution is -0.921. The van der Waals surface area contributed by atoms with Gasteiger partial charge in [-0.15, -0.1) is 0 Å². The van der Waals surface area contributed by atoms with Gasteiger partial charge in [0.05, 0.1) is 19.8 Å². The minimum absolute atomic E-state index is 0.241. The summed E-state index contributed by atoms with van der Waals surface area (Å²) in [6.45, 7) is 5.56. The Morgan fingerprint density at radius 2 is 1.79 bits per heavy atom. The molecule has 1 fully saturated rings. The number of benzene rings is 2. The van der Waals surface area contributed by atoms with E-state index in [2.05, 4.69) is 45.2 Å². The lowest BCUT2D eigenvalue weighted by atomic mass is 10.1. The van der Waals surface area contributed by atoms with Crippen molar-refractivity contribution < 1.29 is 14.7 Å². The Labute approximate surface area is 150 Å². The fourth-order valence-electron chi connectivity index (χ4n) is 2.77. The summed E-state index contributed by atoms with van der Waals surface area (Å²) in [6.07, 6.45) is 1.71. The van der Waals surface area contributed by atoms with Crippen LogP contribution in [0.3, 0.4) is 0 Å². The smallest absolute Gasteiger partial charge is 0.124 e. The van der Waals surface area contributed by atoms with Crippen LogP contribution in [0.4, 0.5) is 0 Å². The molecule has 1 saturated heterocycles. The van der Waals surface area contributed by atoms with Crippen molar-refractivity contribution in [1.82, 2.24) is 0 Å². The largest absolute Gasteiger partial charge is 0.507 e. The third-order valence-electron chi connectivity index (χ3n) is 4.17. The van der Waals surface area contributed by atoms with Gasteiger partial charge in [-0.05, 0) is 23.8 Å². The Kier molecular flexibility index (Phi) is 6.01. The molecule has 126 valence electrons. The third-order valence-corrected chi connectivity index (χ3v) is 4.66. The summed E-state index contributed by atoms with van der Waals surface area (Å²) in [5, 5.41) is 9.80. The van der Waals surface area contributed by atoms with Crippen molar-refractivity contribution in [2.45, 2.75) is 13.1 Å². The summed E-state index contributed by atoms with van der Waals surface area (Å²) in [4.78, 5) is 6.01. The number of quaternary nitrogens is 1. The number of halogens is 1. The van der Waals surface area contributed by atoms with E-state index in [1.54, 1.807) is 17.2 Å². The molecule has 2 N–H and O–H groups in total. The molecule has 2 aromatic carbocycles. The molecule has 0 spiro atoms. The fraction of sp³-hybridized carbons (Fsp3) is 0.316. The van der Waals surface area contributed by atoms with Crippen LogP contribution in [0.15, 0.2) is 51.9 Å². The molecule has 24 heavy (non-hydrogen) atoms. The van der Waals surface area contributed by atoms with E-state index in [0.717, 1.165) is 42.9 Å². The van der Waals surface area contributed by atoms with Crippen LogP contribution in [-0.4, -0.2) is 37.6 Å². The number of aliphatic imine (C=N–C) groups is 1. The van der Waals surface area contributed by atoms with Crippen LogP contribution in [-0.2, 0) is 17.8 Å². The van der Waals surface area contributed by atoms with Crippen molar-refractivity contribution in [1.29, 1.82) is 0 Å². The van der Waals surface area contributed by atoms with Crippen LogP contribution in [0, 0.1) is 0 Å². The maximum absolute atomic E-state index is 9.80. The van der Waals surface area contributed by atoms with Gasteiger partial charge in [0.25, 0.3) is 0 Å². The van der Waals surface area contributed by atoms with Gasteiger partial charge >= 0.3 is 0 Å². The molecule has 3 rings (SSSR count). The first kappa shape index (κ1) is 17.1. The second kappa shape index (κ2) is 8.42. The number of morpholine rings is 1. The molecule has 1 aliphatic heterocycles. The molecular weight excluding hydrogens is 368 g/mol. The average Bonchev–Trinajstić information content (AvgIpc) is 2.60. The van der Waals surface area contributed by atoms with Crippen molar-refractivity contribution in [3.8, 4) is 5.75 Å². The normalized spacial score (nSPS) is 15.9. The molecule has 0 aliphatic carbocycles. The van der Waals surface area contributed by atoms with Gasteiger partial charge in [-0.25, -0.2) is 0 Å². The van der Waals surface area contributed by atoms with Crippen molar-refractivity contribution in [2.24, 2.45) is 4.99 Å². The summed E-state index contributed by atoms with van der Waals surface area (Å²) in [6, 6.07) is 14.0. The van der Waals surface area contributed by atoms with E-state index in [9.17, 15) is 5.11 Å². The van der Waals surface area contributed by atoms with Crippen molar-refractivity contribution in [3.63, 3.8) is 0 Å². The lowest BCUT2D eigenvalue weighted by Crippen LogP contribution is -3.12. The summed E-state index contributed by atoms with van der Waals surface area (Å²) in [5.74, 6) is 0.241. The van der Waals surface area contributed by atoms with Crippen LogP contribution >= 0.6 is 15.9 Å². The number of aromatic hydroxyl groups is 1. The Balaban J connectivity index is 1.55. The van der Waals surface area contributed by atoms with Gasteiger partial charge in [0.2, 0.25) is 0 Å². The van der Waals surface area contributed by atoms with Gasteiger partial charge in [0, 0.05) is 21.8 Å². The monoisotopic (exact) mass is 389 g/mol. The molecule has 1 aliphatic rings. The lowest BCUT2D eigenvalue weighted by Gasteiger charge is -2.23. The number of nitrogens with one attached hydrogen (secondary N) is 1. The first-order valence-electron chi connectivity index (χ1n) is 8.18. The van der Waals surface area contributed by atoms with E-state index < -0.39 is 0 Å². The number of phenols is 1. The molecule has 1 heterocycles. The number of ether oxygens (including phenoxy) is 1. The number of hydrogen-bond acceptors (Lipinski definition) is 3. The molecule has 0 radical (unpaired) electrons. The molecule has 0 atom stereocenters. The van der Waals surface area contributed by atoms with Gasteiger partial charge in [-0.1, -0.05) is 40.2 Å². The van der Waals surface area contributed by atoms with Crippen LogP contribution in [0.25, 0.3) is 0 Å². The number of rotatable bonds is 5. The standard InChI is InChI=1S/C19H21BrN2O2/c20-18-5-6-19(23)17(11-18)13-21-12-15-1-3-16(4-2-15)14-22-7-9-24-10-8-22/h1-6,11,13,23H,7-10,12,14H2/p+1. The van der Waals surface area contributed by atoms with Gasteiger partial charge in [-0.2, -0.15) is 0 Å². The number of nitrogens with zero attached hydrogens (tertiary/aromatic N) is 1. The highest BCUT2D eigenvalue weighted by Crippen LogP contribution is 2.20. The van der Waals surface area contributed by atoms with E-state index in [4.69, 9.17) is 4.74 Å². The summed E-state index contributed by atoms with van der Waals surface area (Å²) >= 11 is 3.40. The SMILES string of the molecule is Oc1ccc(Br)cc1C=NCc1ccc(C[NH+]2CCOCC2)cc1. The highest BCUT2D eigenvalue weighted by Gasteiger charge is 2.13. The quantitative estimate of drug-likeness (QED) is 0.769. The minimum Gasteiger partial charge on any atom is -0.507 e. The van der Waals surface area contributed by atoms with E-state index in [1.165, 1.54) is 11.1 Å². The summed E-state index contributed by atoms with van der Waals surface area (Å²) in [7, 11) is 0. The predicted molar refractivity (Wildman–Crippen MR) is 98.8 cm³/mol. The molecule has 2 aromatic rings. The Morgan fingerprint density at radius 3 is 2.54 bits per heavy atom. The topological polar surface area (TPSA) is 46.3 Å². The van der Waals surface area contributed by atoms with E-state index in [1.807, 2.05) is 12.1 Å². The highest BCUT2D eigenvalue weighted by atomic mass is 79.9. The van der Waals surface area contributed by atoms with E-state index in [-0.39, 0.29) is 5.75 Å². The summed E-state index contributed by atoms with van der Waals surface area (Å²) in [5.41, 5.74) is 3.24. The van der Waals surface area contributed by atoms with Crippen molar-refractivity contribution in [3.05, 3.63) is 63.6 Å². The molecule has 0 saturated carbocycles. The second-order valence-electron chi connectivity index (χ2n) is 6.03. The minimum atomic E-state index is 0.241. The highest BCUT2D eigenvalue weighted by molar-refractivity contribution is 9.10. The van der Waals surface area contributed by atoms with E-state index >= 15 is 0 Å². The first-order valence-corrected chi connectivity index (χ1v) is 8.97. The molecular formula is C19H22BrN2O2+. The van der Waals surface area contributed by atoms with Crippen LogP contribution in [0.2, 0.25) is 0 Å². The zero-order valence-electron chi connectivity index (χ0n) is 13.5. The Bertz CT molecular complexity index is 695. The van der Waals surface area contributed by atoms with Crippen molar-refractivity contribution in [2.75, 3.05) is 26.3 Å². The first-order chi connectivity index (χ1) is 11.7. The molecule has 4 nitrogen and oxygen atoms in total. The number of phenolic OH excluding ortho intramolecular Hbond substituents is 1. The molecule has 0 unspecified atom stereocenters. The fourth-order valence-corrected chi connectivity index (χ4v) is 3.15. The van der Waals surface area contributed by atoms with Gasteiger partial charge in [0.1, 0.15) is 25.4 Å². The zero-order chi connectivity index (χ0) is 16.8. The Morgan fingerprint density at radius 1 is 1.08 bits per heavy atom. The Hall–Kier alpha value is -1.69. The van der Waals surface area contributed by atoms with Gasteiger partial charge in [-0.3, -0.25) is 4.99 Å². The maximum Gasteiger partial charge on any atom is 0.124 e. The molecule has 5 heteroatoms. The molecule has 0 aromatic heterocycles. The number of hydrogen-bond donors (Lipinski definition) is 2. The van der Waals surface area contributed by atoms with Crippen LogP contribution in [0.5, 0.6) is 5.75 Å². The van der Waals surface area contributed by atoms with Gasteiger partial charge < -0.3 is 14.7 Å². The van der Waals surface area contributed by atoms with Crippen LogP contribution < -0.4 is 4.90 Å². The van der Waals surface area contributed by atoms with Crippen LogP contribution in [0.1, 0.15) is 16.7 Å².